The summed E-state index contributed by atoms with van der Waals surface area (Å²) in [5, 5.41) is 10.5. The van der Waals surface area contributed by atoms with Gasteiger partial charge in [-0.1, -0.05) is 280 Å². The summed E-state index contributed by atoms with van der Waals surface area (Å²) >= 11 is 0. The Morgan fingerprint density at radius 2 is 0.593 bits per heavy atom. The molecule has 0 fully saturated rings. The van der Waals surface area contributed by atoms with E-state index in [-0.39, 0.29) is 25.7 Å². The average Bonchev–Trinajstić information content (AvgIpc) is 3.69. The zero-order chi connectivity index (χ0) is 63.8. The van der Waals surface area contributed by atoms with Crippen LogP contribution < -0.4 is 0 Å². The van der Waals surface area contributed by atoms with Crippen molar-refractivity contribution in [2.24, 2.45) is 17.8 Å². The summed E-state index contributed by atoms with van der Waals surface area (Å²) in [6.45, 7) is 11.8. The van der Waals surface area contributed by atoms with Gasteiger partial charge in [0.2, 0.25) is 0 Å². The van der Waals surface area contributed by atoms with Gasteiger partial charge in [0.05, 0.1) is 26.4 Å². The zero-order valence-corrected chi connectivity index (χ0v) is 57.6. The molecule has 0 rings (SSSR count). The molecule has 510 valence electrons. The number of hydrogen-bond donors (Lipinski definition) is 3. The number of carbonyl (C=O) groups excluding carboxylic acids is 4. The number of carbonyl (C=O) groups is 4. The molecular weight excluding hydrogens is 1140 g/mol. The maximum absolute atomic E-state index is 13.0. The van der Waals surface area contributed by atoms with Crippen molar-refractivity contribution in [2.75, 3.05) is 39.6 Å². The topological polar surface area (TPSA) is 237 Å². The Bertz CT molecular complexity index is 1700. The van der Waals surface area contributed by atoms with E-state index in [4.69, 9.17) is 37.0 Å². The van der Waals surface area contributed by atoms with Crippen LogP contribution in [0.25, 0.3) is 0 Å². The number of phosphoric acid groups is 2. The molecule has 0 aliphatic heterocycles. The van der Waals surface area contributed by atoms with Crippen LogP contribution in [0, 0.1) is 17.8 Å². The van der Waals surface area contributed by atoms with E-state index in [1.807, 2.05) is 0 Å². The van der Waals surface area contributed by atoms with Crippen LogP contribution in [0.3, 0.4) is 0 Å². The fraction of sp³-hybridized carbons (Fsp3) is 0.940. The molecule has 0 bridgehead atoms. The SMILES string of the molecule is CCCCCCCCCC(=O)OC[C@H](COP(=O)(O)OC[C@H](O)COP(=O)(O)OC[C@@H](COC(=O)CCCCCCCCCCC(C)CC)OC(=O)CCCCCCCCCCCCCCCCC(C)C)OC(=O)CCCCCCCCC(C)CC. The Kier molecular flexibility index (Phi) is 56.9. The van der Waals surface area contributed by atoms with Crippen LogP contribution in [0.1, 0.15) is 331 Å². The lowest BCUT2D eigenvalue weighted by atomic mass is 9.99. The van der Waals surface area contributed by atoms with Crippen molar-refractivity contribution in [3.63, 3.8) is 0 Å². The molecule has 0 saturated heterocycles. The molecule has 86 heavy (non-hydrogen) atoms. The van der Waals surface area contributed by atoms with Crippen LogP contribution in [0.5, 0.6) is 0 Å². The van der Waals surface area contributed by atoms with Crippen LogP contribution in [-0.2, 0) is 65.4 Å². The van der Waals surface area contributed by atoms with Crippen molar-refractivity contribution in [3.05, 3.63) is 0 Å². The smallest absolute Gasteiger partial charge is 0.462 e. The lowest BCUT2D eigenvalue weighted by Crippen LogP contribution is -2.30. The molecule has 19 heteroatoms. The predicted octanol–water partition coefficient (Wildman–Crippen LogP) is 18.7. The molecule has 0 aliphatic carbocycles. The Morgan fingerprint density at radius 3 is 0.884 bits per heavy atom. The van der Waals surface area contributed by atoms with Crippen molar-refractivity contribution in [2.45, 2.75) is 349 Å². The van der Waals surface area contributed by atoms with E-state index >= 15 is 0 Å². The fourth-order valence-corrected chi connectivity index (χ4v) is 11.5. The highest BCUT2D eigenvalue weighted by atomic mass is 31.2. The molecule has 7 atom stereocenters. The maximum Gasteiger partial charge on any atom is 0.472 e. The summed E-state index contributed by atoms with van der Waals surface area (Å²) in [6, 6.07) is 0. The summed E-state index contributed by atoms with van der Waals surface area (Å²) in [5.74, 6) is 0.155. The summed E-state index contributed by atoms with van der Waals surface area (Å²) in [4.78, 5) is 72.2. The molecule has 17 nitrogen and oxygen atoms in total. The van der Waals surface area contributed by atoms with Gasteiger partial charge in [0.15, 0.2) is 12.2 Å². The molecule has 0 aromatic heterocycles. The second kappa shape index (κ2) is 58.2. The molecular formula is C67H130O17P2. The third-order valence-corrected chi connectivity index (χ3v) is 18.0. The molecule has 0 aromatic carbocycles. The summed E-state index contributed by atoms with van der Waals surface area (Å²) < 4.78 is 68.0. The van der Waals surface area contributed by atoms with Gasteiger partial charge in [0.1, 0.15) is 19.3 Å². The Balaban J connectivity index is 5.21. The molecule has 0 aromatic rings. The van der Waals surface area contributed by atoms with Crippen LogP contribution in [0.4, 0.5) is 0 Å². The molecule has 0 amide bonds. The van der Waals surface area contributed by atoms with Crippen molar-refractivity contribution in [1.82, 2.24) is 0 Å². The molecule has 0 heterocycles. The number of hydrogen-bond acceptors (Lipinski definition) is 15. The minimum atomic E-state index is -4.95. The predicted molar refractivity (Wildman–Crippen MR) is 344 cm³/mol. The second-order valence-corrected chi connectivity index (χ2v) is 28.1. The highest BCUT2D eigenvalue weighted by Crippen LogP contribution is 2.45. The molecule has 0 radical (unpaired) electrons. The lowest BCUT2D eigenvalue weighted by molar-refractivity contribution is -0.161. The number of aliphatic hydroxyl groups is 1. The van der Waals surface area contributed by atoms with Crippen LogP contribution >= 0.6 is 15.6 Å². The fourth-order valence-electron chi connectivity index (χ4n) is 9.95. The highest BCUT2D eigenvalue weighted by Gasteiger charge is 2.30. The van der Waals surface area contributed by atoms with E-state index in [0.29, 0.717) is 25.7 Å². The monoisotopic (exact) mass is 1270 g/mol. The first-order valence-electron chi connectivity index (χ1n) is 34.9. The van der Waals surface area contributed by atoms with Crippen LogP contribution in [0.15, 0.2) is 0 Å². The van der Waals surface area contributed by atoms with Gasteiger partial charge < -0.3 is 33.8 Å². The van der Waals surface area contributed by atoms with E-state index in [1.165, 1.54) is 128 Å². The van der Waals surface area contributed by atoms with Gasteiger partial charge in [-0.25, -0.2) is 9.13 Å². The van der Waals surface area contributed by atoms with Crippen molar-refractivity contribution in [1.29, 1.82) is 0 Å². The van der Waals surface area contributed by atoms with Gasteiger partial charge in [-0.05, 0) is 43.4 Å². The first kappa shape index (κ1) is 84.1. The first-order valence-corrected chi connectivity index (χ1v) is 37.9. The third-order valence-electron chi connectivity index (χ3n) is 16.1. The molecule has 4 unspecified atom stereocenters. The van der Waals surface area contributed by atoms with Gasteiger partial charge in [-0.3, -0.25) is 37.3 Å². The van der Waals surface area contributed by atoms with Crippen molar-refractivity contribution in [3.8, 4) is 0 Å². The van der Waals surface area contributed by atoms with Gasteiger partial charge in [-0.2, -0.15) is 0 Å². The van der Waals surface area contributed by atoms with E-state index in [0.717, 1.165) is 120 Å². The van der Waals surface area contributed by atoms with Crippen molar-refractivity contribution >= 4 is 39.5 Å². The number of aliphatic hydroxyl groups excluding tert-OH is 1. The Labute approximate surface area is 524 Å². The van der Waals surface area contributed by atoms with E-state index in [9.17, 15) is 43.2 Å². The van der Waals surface area contributed by atoms with Gasteiger partial charge in [-0.15, -0.1) is 0 Å². The minimum absolute atomic E-state index is 0.102. The van der Waals surface area contributed by atoms with Crippen LogP contribution in [0.2, 0.25) is 0 Å². The number of esters is 4. The van der Waals surface area contributed by atoms with E-state index < -0.39 is 97.5 Å². The average molecular weight is 1270 g/mol. The molecule has 3 N–H and O–H groups in total. The number of ether oxygens (including phenoxy) is 4. The quantitative estimate of drug-likeness (QED) is 0.0222. The Hall–Kier alpha value is -1.94. The molecule has 0 saturated carbocycles. The maximum atomic E-state index is 13.0. The van der Waals surface area contributed by atoms with Crippen molar-refractivity contribution < 1.29 is 80.2 Å². The zero-order valence-electron chi connectivity index (χ0n) is 55.8. The highest BCUT2D eigenvalue weighted by molar-refractivity contribution is 7.47. The summed E-state index contributed by atoms with van der Waals surface area (Å²) in [5.41, 5.74) is 0. The largest absolute Gasteiger partial charge is 0.472 e. The standard InChI is InChI=1S/C67H130O17P2/c1-8-11-12-13-24-34-41-48-64(69)77-54-63(84-67(72)51-44-37-30-29-33-40-47-60(7)10-3)57-82-86(75,76)80-53-61(68)52-79-85(73,74)81-56-62(55-78-65(70)49-42-35-27-23-22-26-32-39-46-59(6)9-2)83-66(71)50-43-36-28-21-19-17-15-14-16-18-20-25-31-38-45-58(4)5/h58-63,68H,8-57H2,1-7H3,(H,73,74)(H,75,76)/t59?,60?,61-,62-,63-/m1/s1. The number of unbranched alkanes of at least 4 members (excludes halogenated alkanes) is 31. The third kappa shape index (κ3) is 58.4. The van der Waals surface area contributed by atoms with E-state index in [1.54, 1.807) is 0 Å². The summed E-state index contributed by atoms with van der Waals surface area (Å²) in [7, 11) is -9.89. The van der Waals surface area contributed by atoms with Crippen LogP contribution in [-0.4, -0.2) is 96.7 Å². The Morgan fingerprint density at radius 1 is 0.337 bits per heavy atom. The second-order valence-electron chi connectivity index (χ2n) is 25.2. The van der Waals surface area contributed by atoms with Gasteiger partial charge >= 0.3 is 39.5 Å². The first-order chi connectivity index (χ1) is 41.3. The summed E-state index contributed by atoms with van der Waals surface area (Å²) in [6.07, 6.45) is 40.4. The lowest BCUT2D eigenvalue weighted by Gasteiger charge is -2.21. The van der Waals surface area contributed by atoms with E-state index in [2.05, 4.69) is 48.5 Å². The van der Waals surface area contributed by atoms with Gasteiger partial charge in [0, 0.05) is 25.7 Å². The molecule has 0 aliphatic rings. The number of rotatable bonds is 65. The normalized spacial score (nSPS) is 14.9. The minimum Gasteiger partial charge on any atom is -0.462 e. The molecule has 0 spiro atoms. The van der Waals surface area contributed by atoms with Gasteiger partial charge in [0.25, 0.3) is 0 Å². The number of phosphoric ester groups is 2.